The van der Waals surface area contributed by atoms with E-state index in [4.69, 9.17) is 4.74 Å². The van der Waals surface area contributed by atoms with Gasteiger partial charge in [0, 0.05) is 19.7 Å². The number of rotatable bonds is 1. The lowest BCUT2D eigenvalue weighted by Crippen LogP contribution is -2.24. The van der Waals surface area contributed by atoms with E-state index >= 15 is 0 Å². The molecule has 0 fully saturated rings. The molecule has 1 atom stereocenters. The molecule has 1 unspecified atom stereocenters. The Labute approximate surface area is 89.7 Å². The summed E-state index contributed by atoms with van der Waals surface area (Å²) in [5.41, 5.74) is 3.96. The monoisotopic (exact) mass is 205 g/mol. The van der Waals surface area contributed by atoms with Gasteiger partial charge >= 0.3 is 0 Å². The van der Waals surface area contributed by atoms with E-state index in [0.717, 1.165) is 22.3 Å². The first-order valence-corrected chi connectivity index (χ1v) is 4.98. The van der Waals surface area contributed by atoms with Crippen LogP contribution >= 0.6 is 0 Å². The van der Waals surface area contributed by atoms with Gasteiger partial charge in [0.05, 0.1) is 5.56 Å². The van der Waals surface area contributed by atoms with Crippen molar-refractivity contribution in [2.75, 3.05) is 14.2 Å². The first-order chi connectivity index (χ1) is 7.07. The molecule has 3 heteroatoms. The van der Waals surface area contributed by atoms with Crippen LogP contribution in [0.1, 0.15) is 33.3 Å². The first kappa shape index (κ1) is 10.2. The number of hydrogen-bond acceptors (Lipinski definition) is 2. The molecule has 80 valence electrons. The first-order valence-electron chi connectivity index (χ1n) is 4.98. The molecule has 0 N–H and O–H groups in total. The van der Waals surface area contributed by atoms with Crippen LogP contribution in [0.25, 0.3) is 0 Å². The van der Waals surface area contributed by atoms with Crippen LogP contribution < -0.4 is 0 Å². The molecule has 1 aromatic rings. The molecule has 0 spiro atoms. The number of aryl methyl sites for hydroxylation is 2. The van der Waals surface area contributed by atoms with Gasteiger partial charge in [-0.25, -0.2) is 0 Å². The minimum atomic E-state index is -0.229. The van der Waals surface area contributed by atoms with Crippen LogP contribution in [0.15, 0.2) is 12.1 Å². The van der Waals surface area contributed by atoms with E-state index in [1.165, 1.54) is 0 Å². The second-order valence-corrected chi connectivity index (χ2v) is 3.99. The quantitative estimate of drug-likeness (QED) is 0.702. The van der Waals surface area contributed by atoms with E-state index in [0.29, 0.717) is 0 Å². The summed E-state index contributed by atoms with van der Waals surface area (Å²) in [4.78, 5) is 13.6. The Hall–Kier alpha value is -1.35. The van der Waals surface area contributed by atoms with Gasteiger partial charge in [-0.3, -0.25) is 4.79 Å². The van der Waals surface area contributed by atoms with Gasteiger partial charge in [-0.2, -0.15) is 0 Å². The number of ether oxygens (including phenoxy) is 1. The third kappa shape index (κ3) is 1.27. The van der Waals surface area contributed by atoms with Crippen LogP contribution in [-0.4, -0.2) is 25.0 Å². The molecule has 1 aliphatic rings. The zero-order valence-electron chi connectivity index (χ0n) is 9.50. The van der Waals surface area contributed by atoms with Crippen LogP contribution in [0.3, 0.4) is 0 Å². The summed E-state index contributed by atoms with van der Waals surface area (Å²) in [6.45, 7) is 3.97. The number of carbonyl (C=O) groups is 1. The van der Waals surface area contributed by atoms with Crippen LogP contribution in [0.2, 0.25) is 0 Å². The Bertz CT molecular complexity index is 426. The van der Waals surface area contributed by atoms with Gasteiger partial charge < -0.3 is 9.64 Å². The minimum Gasteiger partial charge on any atom is -0.357 e. The third-order valence-electron chi connectivity index (χ3n) is 3.03. The largest absolute Gasteiger partial charge is 0.357 e. The highest BCUT2D eigenvalue weighted by Gasteiger charge is 2.36. The Morgan fingerprint density at radius 2 is 1.87 bits per heavy atom. The number of methoxy groups -OCH3 is 1. The number of amides is 1. The van der Waals surface area contributed by atoms with Crippen LogP contribution in [0, 0.1) is 13.8 Å². The van der Waals surface area contributed by atoms with Crippen molar-refractivity contribution in [3.05, 3.63) is 34.4 Å². The molecular formula is C12H15NO2. The fourth-order valence-electron chi connectivity index (χ4n) is 2.19. The zero-order valence-corrected chi connectivity index (χ0v) is 9.50. The topological polar surface area (TPSA) is 29.5 Å². The van der Waals surface area contributed by atoms with Crippen molar-refractivity contribution in [3.8, 4) is 0 Å². The standard InChI is InChI=1S/C12H15NO2/c1-7-5-6-8(2)10-9(7)11(14)13(3)12(10)15-4/h5-6,12H,1-4H3. The minimum absolute atomic E-state index is 0.0538. The molecule has 1 aliphatic heterocycles. The molecule has 1 heterocycles. The Morgan fingerprint density at radius 3 is 2.47 bits per heavy atom. The van der Waals surface area contributed by atoms with Crippen molar-refractivity contribution in [1.29, 1.82) is 0 Å². The van der Waals surface area contributed by atoms with E-state index in [9.17, 15) is 4.79 Å². The lowest BCUT2D eigenvalue weighted by Gasteiger charge is -2.19. The molecular weight excluding hydrogens is 190 g/mol. The second-order valence-electron chi connectivity index (χ2n) is 3.99. The average molecular weight is 205 g/mol. The zero-order chi connectivity index (χ0) is 11.2. The Balaban J connectivity index is 2.69. The average Bonchev–Trinajstić information content (AvgIpc) is 2.47. The van der Waals surface area contributed by atoms with Crippen molar-refractivity contribution in [1.82, 2.24) is 4.90 Å². The van der Waals surface area contributed by atoms with E-state index < -0.39 is 0 Å². The lowest BCUT2D eigenvalue weighted by atomic mass is 9.99. The molecule has 2 rings (SSSR count). The maximum Gasteiger partial charge on any atom is 0.256 e. The molecule has 15 heavy (non-hydrogen) atoms. The summed E-state index contributed by atoms with van der Waals surface area (Å²) in [6.07, 6.45) is -0.229. The van der Waals surface area contributed by atoms with Gasteiger partial charge in [-0.15, -0.1) is 0 Å². The molecule has 0 saturated heterocycles. The van der Waals surface area contributed by atoms with E-state index in [-0.39, 0.29) is 12.1 Å². The molecule has 0 radical (unpaired) electrons. The van der Waals surface area contributed by atoms with Crippen molar-refractivity contribution >= 4 is 5.91 Å². The summed E-state index contributed by atoms with van der Waals surface area (Å²) in [7, 11) is 3.40. The number of fused-ring (bicyclic) bond motifs is 1. The predicted molar refractivity (Wildman–Crippen MR) is 57.8 cm³/mol. The lowest BCUT2D eigenvalue weighted by molar-refractivity contribution is -0.000861. The highest BCUT2D eigenvalue weighted by atomic mass is 16.5. The third-order valence-corrected chi connectivity index (χ3v) is 3.03. The fourth-order valence-corrected chi connectivity index (χ4v) is 2.19. The summed E-state index contributed by atoms with van der Waals surface area (Å²) in [5.74, 6) is 0.0538. The SMILES string of the molecule is COC1c2c(C)ccc(C)c2C(=O)N1C. The van der Waals surface area contributed by atoms with Gasteiger partial charge in [0.2, 0.25) is 0 Å². The second kappa shape index (κ2) is 3.35. The maximum absolute atomic E-state index is 12.0. The maximum atomic E-state index is 12.0. The molecule has 0 aliphatic carbocycles. The van der Waals surface area contributed by atoms with Crippen LogP contribution in [0.5, 0.6) is 0 Å². The van der Waals surface area contributed by atoms with Gasteiger partial charge in [-0.05, 0) is 25.0 Å². The van der Waals surface area contributed by atoms with E-state index in [1.54, 1.807) is 19.1 Å². The van der Waals surface area contributed by atoms with Gasteiger partial charge in [-0.1, -0.05) is 12.1 Å². The summed E-state index contributed by atoms with van der Waals surface area (Å²) in [6, 6.07) is 4.02. The van der Waals surface area contributed by atoms with Crippen molar-refractivity contribution in [2.24, 2.45) is 0 Å². The number of hydrogen-bond donors (Lipinski definition) is 0. The molecule has 0 aromatic heterocycles. The summed E-state index contributed by atoms with van der Waals surface area (Å²) < 4.78 is 5.36. The summed E-state index contributed by atoms with van der Waals surface area (Å²) in [5, 5.41) is 0. The number of benzene rings is 1. The molecule has 0 bridgehead atoms. The van der Waals surface area contributed by atoms with Crippen LogP contribution in [0.4, 0.5) is 0 Å². The predicted octanol–water partition coefficient (Wildman–Crippen LogP) is 2.03. The molecule has 0 saturated carbocycles. The van der Waals surface area contributed by atoms with Crippen LogP contribution in [-0.2, 0) is 4.74 Å². The number of carbonyl (C=O) groups excluding carboxylic acids is 1. The normalized spacial score (nSPS) is 19.6. The molecule has 1 aromatic carbocycles. The van der Waals surface area contributed by atoms with Gasteiger partial charge in [0.1, 0.15) is 0 Å². The number of nitrogens with zero attached hydrogens (tertiary/aromatic N) is 1. The van der Waals surface area contributed by atoms with Gasteiger partial charge in [0.15, 0.2) is 6.23 Å². The van der Waals surface area contributed by atoms with Crippen molar-refractivity contribution in [2.45, 2.75) is 20.1 Å². The van der Waals surface area contributed by atoms with Gasteiger partial charge in [0.25, 0.3) is 5.91 Å². The Morgan fingerprint density at radius 1 is 1.27 bits per heavy atom. The van der Waals surface area contributed by atoms with Crippen molar-refractivity contribution < 1.29 is 9.53 Å². The Kier molecular flexibility index (Phi) is 2.27. The molecule has 1 amide bonds. The molecule has 3 nitrogen and oxygen atoms in total. The van der Waals surface area contributed by atoms with Crippen molar-refractivity contribution in [3.63, 3.8) is 0 Å². The van der Waals surface area contributed by atoms with E-state index in [1.807, 2.05) is 26.0 Å². The highest BCUT2D eigenvalue weighted by molar-refractivity contribution is 6.00. The highest BCUT2D eigenvalue weighted by Crippen LogP contribution is 2.36. The van der Waals surface area contributed by atoms with E-state index in [2.05, 4.69) is 0 Å². The summed E-state index contributed by atoms with van der Waals surface area (Å²) >= 11 is 0. The smallest absolute Gasteiger partial charge is 0.256 e. The fraction of sp³-hybridized carbons (Fsp3) is 0.417.